The summed E-state index contributed by atoms with van der Waals surface area (Å²) in [7, 11) is 0. The van der Waals surface area contributed by atoms with Gasteiger partial charge in [-0.3, -0.25) is 0 Å². The summed E-state index contributed by atoms with van der Waals surface area (Å²) in [5, 5.41) is 1.27. The molecule has 1 heterocycles. The monoisotopic (exact) mass is 262 g/mol. The number of rotatable bonds is 4. The Morgan fingerprint density at radius 3 is 2.50 bits per heavy atom. The van der Waals surface area contributed by atoms with Gasteiger partial charge in [-0.2, -0.15) is 0 Å². The summed E-state index contributed by atoms with van der Waals surface area (Å²) >= 11 is 0. The average molecular weight is 262 g/mol. The van der Waals surface area contributed by atoms with Crippen LogP contribution in [0.15, 0.2) is 79.1 Å². The normalized spacial score (nSPS) is 13.0. The summed E-state index contributed by atoms with van der Waals surface area (Å²) in [5.74, 6) is 0. The number of benzene rings is 2. The van der Waals surface area contributed by atoms with Crippen LogP contribution in [-0.2, 0) is 0 Å². The Hall–Kier alpha value is -2.48. The van der Waals surface area contributed by atoms with Crippen LogP contribution >= 0.6 is 0 Å². The lowest BCUT2D eigenvalue weighted by molar-refractivity contribution is 0.612. The van der Waals surface area contributed by atoms with Crippen molar-refractivity contribution < 1.29 is 0 Å². The van der Waals surface area contributed by atoms with Gasteiger partial charge in [-0.1, -0.05) is 54.6 Å². The van der Waals surface area contributed by atoms with E-state index in [0.29, 0.717) is 0 Å². The summed E-state index contributed by atoms with van der Waals surface area (Å²) < 4.78 is 2.32. The number of hydrogen-bond acceptors (Lipinski definition) is 1. The number of fused-ring (bicyclic) bond motifs is 1. The van der Waals surface area contributed by atoms with Crippen molar-refractivity contribution in [1.82, 2.24) is 4.57 Å². The topological polar surface area (TPSA) is 30.9 Å². The Morgan fingerprint density at radius 2 is 1.70 bits per heavy atom. The Bertz CT molecular complexity index is 710. The first-order valence-electron chi connectivity index (χ1n) is 6.87. The van der Waals surface area contributed by atoms with Gasteiger partial charge in [0, 0.05) is 11.7 Å². The Balaban J connectivity index is 2.09. The van der Waals surface area contributed by atoms with Crippen molar-refractivity contribution >= 4 is 10.9 Å². The van der Waals surface area contributed by atoms with Crippen LogP contribution in [0.4, 0.5) is 0 Å². The summed E-state index contributed by atoms with van der Waals surface area (Å²) in [6, 6.07) is 21.5. The van der Waals surface area contributed by atoms with E-state index in [-0.39, 0.29) is 6.04 Å². The minimum absolute atomic E-state index is 0.274. The van der Waals surface area contributed by atoms with Crippen molar-refractivity contribution in [3.63, 3.8) is 0 Å². The SMILES string of the molecule is NC=CCC(c1ccccc1)n1ccc2ccccc21. The molecule has 0 fully saturated rings. The van der Waals surface area contributed by atoms with Gasteiger partial charge in [-0.15, -0.1) is 0 Å². The van der Waals surface area contributed by atoms with Crippen LogP contribution in [-0.4, -0.2) is 4.57 Å². The molecule has 2 nitrogen and oxygen atoms in total. The summed E-state index contributed by atoms with van der Waals surface area (Å²) in [5.41, 5.74) is 8.09. The van der Waals surface area contributed by atoms with Gasteiger partial charge in [-0.05, 0) is 35.7 Å². The molecule has 3 rings (SSSR count). The fraction of sp³-hybridized carbons (Fsp3) is 0.111. The maximum atomic E-state index is 5.53. The first-order chi connectivity index (χ1) is 9.90. The number of nitrogens with zero attached hydrogens (tertiary/aromatic N) is 1. The van der Waals surface area contributed by atoms with Crippen molar-refractivity contribution in [1.29, 1.82) is 0 Å². The second kappa shape index (κ2) is 5.66. The Morgan fingerprint density at radius 1 is 0.950 bits per heavy atom. The van der Waals surface area contributed by atoms with E-state index in [1.54, 1.807) is 6.20 Å². The lowest BCUT2D eigenvalue weighted by atomic mass is 10.0. The lowest BCUT2D eigenvalue weighted by Gasteiger charge is -2.19. The van der Waals surface area contributed by atoms with Gasteiger partial charge >= 0.3 is 0 Å². The third-order valence-corrected chi connectivity index (χ3v) is 3.65. The number of aromatic nitrogens is 1. The van der Waals surface area contributed by atoms with Crippen LogP contribution in [0.5, 0.6) is 0 Å². The molecule has 0 amide bonds. The molecule has 0 saturated heterocycles. The van der Waals surface area contributed by atoms with Gasteiger partial charge in [0.25, 0.3) is 0 Å². The van der Waals surface area contributed by atoms with Crippen LogP contribution in [0, 0.1) is 0 Å². The Labute approximate surface area is 119 Å². The zero-order valence-corrected chi connectivity index (χ0v) is 11.3. The zero-order valence-electron chi connectivity index (χ0n) is 11.3. The van der Waals surface area contributed by atoms with Crippen molar-refractivity contribution in [3.8, 4) is 0 Å². The van der Waals surface area contributed by atoms with E-state index in [0.717, 1.165) is 6.42 Å². The molecular formula is C18H18N2. The van der Waals surface area contributed by atoms with E-state index in [9.17, 15) is 0 Å². The first kappa shape index (κ1) is 12.5. The van der Waals surface area contributed by atoms with E-state index in [2.05, 4.69) is 65.4 Å². The van der Waals surface area contributed by atoms with Gasteiger partial charge in [0.1, 0.15) is 0 Å². The molecule has 100 valence electrons. The highest BCUT2D eigenvalue weighted by atomic mass is 15.0. The third-order valence-electron chi connectivity index (χ3n) is 3.65. The minimum Gasteiger partial charge on any atom is -0.405 e. The second-order valence-electron chi connectivity index (χ2n) is 4.87. The quantitative estimate of drug-likeness (QED) is 0.754. The lowest BCUT2D eigenvalue weighted by Crippen LogP contribution is -2.08. The molecule has 1 atom stereocenters. The van der Waals surface area contributed by atoms with Crippen LogP contribution in [0.25, 0.3) is 10.9 Å². The largest absolute Gasteiger partial charge is 0.405 e. The molecule has 0 aliphatic heterocycles. The molecule has 1 aromatic heterocycles. The smallest absolute Gasteiger partial charge is 0.0620 e. The molecular weight excluding hydrogens is 244 g/mol. The predicted octanol–water partition coefficient (Wildman–Crippen LogP) is 4.09. The van der Waals surface area contributed by atoms with Crippen LogP contribution < -0.4 is 5.73 Å². The van der Waals surface area contributed by atoms with Gasteiger partial charge < -0.3 is 10.3 Å². The fourth-order valence-corrected chi connectivity index (χ4v) is 2.67. The molecule has 2 aromatic carbocycles. The summed E-state index contributed by atoms with van der Waals surface area (Å²) in [4.78, 5) is 0. The minimum atomic E-state index is 0.274. The highest BCUT2D eigenvalue weighted by molar-refractivity contribution is 5.80. The van der Waals surface area contributed by atoms with Gasteiger partial charge in [-0.25, -0.2) is 0 Å². The molecule has 0 bridgehead atoms. The molecule has 0 spiro atoms. The molecule has 0 radical (unpaired) electrons. The number of nitrogens with two attached hydrogens (primary N) is 1. The molecule has 1 unspecified atom stereocenters. The predicted molar refractivity (Wildman–Crippen MR) is 84.5 cm³/mol. The van der Waals surface area contributed by atoms with E-state index in [4.69, 9.17) is 5.73 Å². The molecule has 0 saturated carbocycles. The third kappa shape index (κ3) is 2.32. The van der Waals surface area contributed by atoms with E-state index >= 15 is 0 Å². The highest BCUT2D eigenvalue weighted by Crippen LogP contribution is 2.27. The standard InChI is InChI=1S/C18H18N2/c19-13-6-11-18(15-7-2-1-3-8-15)20-14-12-16-9-4-5-10-17(16)20/h1-10,12-14,18H,11,19H2. The average Bonchev–Trinajstić information content (AvgIpc) is 2.93. The maximum Gasteiger partial charge on any atom is 0.0620 e. The number of hydrogen-bond donors (Lipinski definition) is 1. The van der Waals surface area contributed by atoms with Gasteiger partial charge in [0.2, 0.25) is 0 Å². The van der Waals surface area contributed by atoms with E-state index < -0.39 is 0 Å². The van der Waals surface area contributed by atoms with E-state index in [1.165, 1.54) is 16.5 Å². The van der Waals surface area contributed by atoms with Crippen molar-refractivity contribution in [2.75, 3.05) is 0 Å². The fourth-order valence-electron chi connectivity index (χ4n) is 2.67. The molecule has 0 aliphatic carbocycles. The molecule has 2 N–H and O–H groups in total. The molecule has 0 aliphatic rings. The second-order valence-corrected chi connectivity index (χ2v) is 4.87. The first-order valence-corrected chi connectivity index (χ1v) is 6.87. The maximum absolute atomic E-state index is 5.53. The van der Waals surface area contributed by atoms with Crippen molar-refractivity contribution in [2.24, 2.45) is 5.73 Å². The number of para-hydroxylation sites is 1. The summed E-state index contributed by atoms with van der Waals surface area (Å²) in [6.07, 6.45) is 6.69. The van der Waals surface area contributed by atoms with Gasteiger partial charge in [0.15, 0.2) is 0 Å². The number of allylic oxidation sites excluding steroid dienone is 1. The van der Waals surface area contributed by atoms with Crippen LogP contribution in [0.1, 0.15) is 18.0 Å². The molecule has 3 aromatic rings. The van der Waals surface area contributed by atoms with Crippen molar-refractivity contribution in [2.45, 2.75) is 12.5 Å². The molecule has 20 heavy (non-hydrogen) atoms. The molecule has 2 heteroatoms. The van der Waals surface area contributed by atoms with E-state index in [1.807, 2.05) is 12.1 Å². The van der Waals surface area contributed by atoms with Crippen molar-refractivity contribution in [3.05, 3.63) is 84.7 Å². The Kier molecular flexibility index (Phi) is 3.55. The van der Waals surface area contributed by atoms with Gasteiger partial charge in [0.05, 0.1) is 6.04 Å². The van der Waals surface area contributed by atoms with Crippen LogP contribution in [0.2, 0.25) is 0 Å². The van der Waals surface area contributed by atoms with Crippen LogP contribution in [0.3, 0.4) is 0 Å². The summed E-state index contributed by atoms with van der Waals surface area (Å²) in [6.45, 7) is 0. The zero-order chi connectivity index (χ0) is 13.8. The highest BCUT2D eigenvalue weighted by Gasteiger charge is 2.13.